The first-order valence-corrected chi connectivity index (χ1v) is 7.42. The zero-order chi connectivity index (χ0) is 13.3. The molecule has 4 nitrogen and oxygen atoms in total. The monoisotopic (exact) mass is 272 g/mol. The second kappa shape index (κ2) is 4.85. The second-order valence-corrected chi connectivity index (χ2v) is 6.51. The van der Waals surface area contributed by atoms with Crippen LogP contribution < -0.4 is 5.73 Å². The van der Waals surface area contributed by atoms with Crippen LogP contribution in [0, 0.1) is 12.7 Å². The van der Waals surface area contributed by atoms with E-state index in [0.717, 1.165) is 19.3 Å². The van der Waals surface area contributed by atoms with Gasteiger partial charge in [0.05, 0.1) is 10.6 Å². The molecule has 0 unspecified atom stereocenters. The van der Waals surface area contributed by atoms with E-state index in [2.05, 4.69) is 0 Å². The fourth-order valence-electron chi connectivity index (χ4n) is 2.19. The van der Waals surface area contributed by atoms with Gasteiger partial charge in [-0.25, -0.2) is 12.8 Å². The van der Waals surface area contributed by atoms with Crippen molar-refractivity contribution in [2.45, 2.75) is 31.1 Å². The number of nitrogens with two attached hydrogens (primary N) is 1. The molecule has 0 atom stereocenters. The quantitative estimate of drug-likeness (QED) is 0.836. The Labute approximate surface area is 107 Å². The Kier molecular flexibility index (Phi) is 3.59. The molecule has 1 aromatic carbocycles. The van der Waals surface area contributed by atoms with Gasteiger partial charge in [-0.3, -0.25) is 0 Å². The highest BCUT2D eigenvalue weighted by Crippen LogP contribution is 2.26. The van der Waals surface area contributed by atoms with Gasteiger partial charge in [0, 0.05) is 13.1 Å². The van der Waals surface area contributed by atoms with E-state index in [0.29, 0.717) is 18.7 Å². The molecule has 1 heterocycles. The molecule has 0 aliphatic carbocycles. The lowest BCUT2D eigenvalue weighted by molar-refractivity contribution is 0.346. The lowest BCUT2D eigenvalue weighted by atomic mass is 10.2. The Morgan fingerprint density at radius 3 is 2.44 bits per heavy atom. The molecule has 0 saturated carbocycles. The number of piperidine rings is 1. The van der Waals surface area contributed by atoms with Gasteiger partial charge in [0.25, 0.3) is 0 Å². The first kappa shape index (κ1) is 13.3. The molecule has 0 radical (unpaired) electrons. The van der Waals surface area contributed by atoms with Crippen molar-refractivity contribution >= 4 is 15.7 Å². The molecule has 1 aromatic rings. The number of aryl methyl sites for hydroxylation is 1. The van der Waals surface area contributed by atoms with E-state index >= 15 is 0 Å². The molecule has 100 valence electrons. The van der Waals surface area contributed by atoms with Crippen molar-refractivity contribution in [3.05, 3.63) is 23.5 Å². The molecular formula is C12H17FN2O2S. The number of benzene rings is 1. The van der Waals surface area contributed by atoms with Crippen LogP contribution in [0.2, 0.25) is 0 Å². The summed E-state index contributed by atoms with van der Waals surface area (Å²) in [5.41, 5.74) is 5.72. The molecule has 1 saturated heterocycles. The molecular weight excluding hydrogens is 255 g/mol. The lowest BCUT2D eigenvalue weighted by Crippen LogP contribution is -2.36. The number of hydrogen-bond acceptors (Lipinski definition) is 3. The molecule has 0 spiro atoms. The van der Waals surface area contributed by atoms with Crippen molar-refractivity contribution in [2.24, 2.45) is 0 Å². The molecule has 1 fully saturated rings. The Morgan fingerprint density at radius 2 is 1.83 bits per heavy atom. The normalized spacial score (nSPS) is 17.9. The molecule has 0 amide bonds. The van der Waals surface area contributed by atoms with Crippen LogP contribution in [0.25, 0.3) is 0 Å². The molecule has 2 rings (SSSR count). The van der Waals surface area contributed by atoms with Crippen molar-refractivity contribution in [3.63, 3.8) is 0 Å². The van der Waals surface area contributed by atoms with Crippen LogP contribution in [0.5, 0.6) is 0 Å². The molecule has 2 N–H and O–H groups in total. The summed E-state index contributed by atoms with van der Waals surface area (Å²) in [7, 11) is -3.55. The Balaban J connectivity index is 2.43. The minimum absolute atomic E-state index is 0.114. The van der Waals surface area contributed by atoms with Crippen molar-refractivity contribution in [2.75, 3.05) is 18.8 Å². The largest absolute Gasteiger partial charge is 0.396 e. The summed E-state index contributed by atoms with van der Waals surface area (Å²) in [6.45, 7) is 2.64. The SMILES string of the molecule is Cc1cc(F)c(N)cc1S(=O)(=O)N1CCCCC1. The van der Waals surface area contributed by atoms with Crippen LogP contribution in [0.3, 0.4) is 0 Å². The lowest BCUT2D eigenvalue weighted by Gasteiger charge is -2.26. The van der Waals surface area contributed by atoms with Crippen LogP contribution in [0.15, 0.2) is 17.0 Å². The number of nitrogen functional groups attached to an aromatic ring is 1. The van der Waals surface area contributed by atoms with E-state index in [9.17, 15) is 12.8 Å². The van der Waals surface area contributed by atoms with Crippen LogP contribution in [-0.2, 0) is 10.0 Å². The molecule has 18 heavy (non-hydrogen) atoms. The summed E-state index contributed by atoms with van der Waals surface area (Å²) in [5, 5.41) is 0. The Bertz CT molecular complexity index is 551. The van der Waals surface area contributed by atoms with Crippen LogP contribution in [0.1, 0.15) is 24.8 Å². The number of nitrogens with zero attached hydrogens (tertiary/aromatic N) is 1. The summed E-state index contributed by atoms with van der Waals surface area (Å²) < 4.78 is 39.6. The molecule has 0 aromatic heterocycles. The Hall–Kier alpha value is -1.14. The smallest absolute Gasteiger partial charge is 0.243 e. The zero-order valence-corrected chi connectivity index (χ0v) is 11.1. The minimum atomic E-state index is -3.55. The first-order valence-electron chi connectivity index (χ1n) is 5.98. The minimum Gasteiger partial charge on any atom is -0.396 e. The van der Waals surface area contributed by atoms with Gasteiger partial charge in [-0.1, -0.05) is 6.42 Å². The Morgan fingerprint density at radius 1 is 1.22 bits per heavy atom. The molecule has 6 heteroatoms. The van der Waals surface area contributed by atoms with Crippen LogP contribution >= 0.6 is 0 Å². The van der Waals surface area contributed by atoms with E-state index in [1.54, 1.807) is 6.92 Å². The summed E-state index contributed by atoms with van der Waals surface area (Å²) >= 11 is 0. The maximum absolute atomic E-state index is 13.3. The zero-order valence-electron chi connectivity index (χ0n) is 10.3. The van der Waals surface area contributed by atoms with E-state index in [1.165, 1.54) is 16.4 Å². The van der Waals surface area contributed by atoms with E-state index in [-0.39, 0.29) is 10.6 Å². The fraction of sp³-hybridized carbons (Fsp3) is 0.500. The predicted octanol–water partition coefficient (Wildman–Crippen LogP) is 1.89. The number of halogens is 1. The average Bonchev–Trinajstić information content (AvgIpc) is 2.34. The predicted molar refractivity (Wildman–Crippen MR) is 68.2 cm³/mol. The van der Waals surface area contributed by atoms with Gasteiger partial charge in [-0.15, -0.1) is 0 Å². The maximum atomic E-state index is 13.3. The van der Waals surface area contributed by atoms with Gasteiger partial charge in [0.1, 0.15) is 5.82 Å². The highest BCUT2D eigenvalue weighted by Gasteiger charge is 2.27. The number of anilines is 1. The topological polar surface area (TPSA) is 63.4 Å². The van der Waals surface area contributed by atoms with E-state index in [1.807, 2.05) is 0 Å². The van der Waals surface area contributed by atoms with Crippen molar-refractivity contribution in [1.29, 1.82) is 0 Å². The molecule has 0 bridgehead atoms. The van der Waals surface area contributed by atoms with Crippen LogP contribution in [-0.4, -0.2) is 25.8 Å². The van der Waals surface area contributed by atoms with Gasteiger partial charge in [0.15, 0.2) is 0 Å². The van der Waals surface area contributed by atoms with Gasteiger partial charge in [-0.05, 0) is 37.5 Å². The first-order chi connectivity index (χ1) is 8.43. The number of hydrogen-bond donors (Lipinski definition) is 1. The fourth-order valence-corrected chi connectivity index (χ4v) is 3.95. The number of rotatable bonds is 2. The summed E-state index contributed by atoms with van der Waals surface area (Å²) in [6.07, 6.45) is 2.79. The summed E-state index contributed by atoms with van der Waals surface area (Å²) in [4.78, 5) is 0.114. The van der Waals surface area contributed by atoms with Crippen molar-refractivity contribution < 1.29 is 12.8 Å². The van der Waals surface area contributed by atoms with Gasteiger partial charge >= 0.3 is 0 Å². The second-order valence-electron chi connectivity index (χ2n) is 4.60. The summed E-state index contributed by atoms with van der Waals surface area (Å²) in [6, 6.07) is 2.39. The summed E-state index contributed by atoms with van der Waals surface area (Å²) in [5.74, 6) is -0.579. The van der Waals surface area contributed by atoms with Crippen molar-refractivity contribution in [1.82, 2.24) is 4.31 Å². The van der Waals surface area contributed by atoms with E-state index < -0.39 is 15.8 Å². The number of sulfonamides is 1. The molecule has 1 aliphatic rings. The third-order valence-corrected chi connectivity index (χ3v) is 5.27. The third kappa shape index (κ3) is 2.35. The van der Waals surface area contributed by atoms with Gasteiger partial charge in [0.2, 0.25) is 10.0 Å². The standard InChI is InChI=1S/C12H17FN2O2S/c1-9-7-10(13)11(14)8-12(9)18(16,17)15-5-3-2-4-6-15/h7-8H,2-6,14H2,1H3. The van der Waals surface area contributed by atoms with E-state index in [4.69, 9.17) is 5.73 Å². The highest BCUT2D eigenvalue weighted by molar-refractivity contribution is 7.89. The highest BCUT2D eigenvalue weighted by atomic mass is 32.2. The average molecular weight is 272 g/mol. The third-order valence-electron chi connectivity index (χ3n) is 3.23. The van der Waals surface area contributed by atoms with Crippen molar-refractivity contribution in [3.8, 4) is 0 Å². The van der Waals surface area contributed by atoms with Gasteiger partial charge < -0.3 is 5.73 Å². The maximum Gasteiger partial charge on any atom is 0.243 e. The van der Waals surface area contributed by atoms with Gasteiger partial charge in [-0.2, -0.15) is 4.31 Å². The molecule has 1 aliphatic heterocycles. The van der Waals surface area contributed by atoms with Crippen LogP contribution in [0.4, 0.5) is 10.1 Å².